The van der Waals surface area contributed by atoms with Crippen molar-refractivity contribution in [1.29, 1.82) is 0 Å². The summed E-state index contributed by atoms with van der Waals surface area (Å²) in [5.41, 5.74) is 6.22. The van der Waals surface area contributed by atoms with Gasteiger partial charge in [-0.1, -0.05) is 36.7 Å². The van der Waals surface area contributed by atoms with E-state index in [1.54, 1.807) is 18.2 Å². The minimum atomic E-state index is -0.172. The van der Waals surface area contributed by atoms with Crippen LogP contribution in [0.25, 0.3) is 10.9 Å². The first kappa shape index (κ1) is 15.9. The molecule has 0 radical (unpaired) electrons. The number of rotatable bonds is 5. The number of nitrogens with two attached hydrogens (primary N) is 1. The molecule has 3 N–H and O–H groups in total. The lowest BCUT2D eigenvalue weighted by Crippen LogP contribution is -2.13. The zero-order valence-corrected chi connectivity index (χ0v) is 13.3. The average Bonchev–Trinajstić information content (AvgIpc) is 2.45. The third-order valence-corrected chi connectivity index (χ3v) is 3.93. The minimum absolute atomic E-state index is 0.172. The molecule has 112 valence electrons. The van der Waals surface area contributed by atoms with E-state index in [4.69, 9.17) is 17.3 Å². The van der Waals surface area contributed by atoms with Crippen molar-refractivity contribution < 1.29 is 0 Å². The zero-order valence-electron chi connectivity index (χ0n) is 11.7. The van der Waals surface area contributed by atoms with E-state index in [0.717, 1.165) is 19.4 Å². The number of hydrogen-bond acceptors (Lipinski definition) is 4. The maximum Gasteiger partial charge on any atom is 0.258 e. The van der Waals surface area contributed by atoms with E-state index in [-0.39, 0.29) is 5.56 Å². The number of thioether (sulfide) groups is 1. The number of amidine groups is 1. The first-order valence-corrected chi connectivity index (χ1v) is 8.07. The van der Waals surface area contributed by atoms with Crippen LogP contribution in [0.15, 0.2) is 28.0 Å². The van der Waals surface area contributed by atoms with Crippen molar-refractivity contribution in [2.45, 2.75) is 25.5 Å². The average molecular weight is 325 g/mol. The molecule has 0 aliphatic rings. The Bertz CT molecular complexity index is 714. The molecular weight excluding hydrogens is 308 g/mol. The van der Waals surface area contributed by atoms with E-state index >= 15 is 0 Å². The molecule has 21 heavy (non-hydrogen) atoms. The van der Waals surface area contributed by atoms with E-state index in [1.807, 2.05) is 0 Å². The third-order valence-electron chi connectivity index (χ3n) is 2.85. The summed E-state index contributed by atoms with van der Waals surface area (Å²) >= 11 is 7.29. The molecule has 0 spiro atoms. The Hall–Kier alpha value is -1.53. The second kappa shape index (κ2) is 7.47. The molecule has 0 aliphatic heterocycles. The van der Waals surface area contributed by atoms with Crippen molar-refractivity contribution in [2.24, 2.45) is 10.7 Å². The Morgan fingerprint density at radius 1 is 1.52 bits per heavy atom. The molecule has 2 aromatic rings. The highest BCUT2D eigenvalue weighted by Gasteiger charge is 2.05. The summed E-state index contributed by atoms with van der Waals surface area (Å²) in [5.74, 6) is 1.03. The fourth-order valence-electron chi connectivity index (χ4n) is 1.76. The first-order valence-electron chi connectivity index (χ1n) is 6.71. The Balaban J connectivity index is 2.12. The van der Waals surface area contributed by atoms with Gasteiger partial charge in [-0.05, 0) is 24.6 Å². The van der Waals surface area contributed by atoms with Crippen LogP contribution in [0, 0.1) is 0 Å². The second-order valence-electron chi connectivity index (χ2n) is 4.54. The van der Waals surface area contributed by atoms with Crippen molar-refractivity contribution in [3.05, 3.63) is 39.4 Å². The van der Waals surface area contributed by atoms with Crippen molar-refractivity contribution in [3.63, 3.8) is 0 Å². The SMILES string of the molecule is CCCCN=C(N)SCc1nc2cc(Cl)ccc2c(=O)[nH]1. The maximum atomic E-state index is 12.0. The Morgan fingerprint density at radius 3 is 3.10 bits per heavy atom. The lowest BCUT2D eigenvalue weighted by Gasteiger charge is -2.03. The number of aliphatic imine (C=N–C) groups is 1. The van der Waals surface area contributed by atoms with Gasteiger partial charge in [-0.15, -0.1) is 0 Å². The van der Waals surface area contributed by atoms with Gasteiger partial charge in [0.15, 0.2) is 5.17 Å². The summed E-state index contributed by atoms with van der Waals surface area (Å²) in [6.07, 6.45) is 2.10. The molecule has 5 nitrogen and oxygen atoms in total. The number of benzene rings is 1. The summed E-state index contributed by atoms with van der Waals surface area (Å²) in [5, 5.41) is 1.59. The molecule has 2 rings (SSSR count). The van der Waals surface area contributed by atoms with E-state index in [9.17, 15) is 4.79 Å². The molecule has 0 unspecified atom stereocenters. The number of aromatic nitrogens is 2. The van der Waals surface area contributed by atoms with Crippen LogP contribution in [-0.2, 0) is 5.75 Å². The van der Waals surface area contributed by atoms with Gasteiger partial charge in [-0.25, -0.2) is 4.98 Å². The van der Waals surface area contributed by atoms with Crippen molar-refractivity contribution >= 4 is 39.4 Å². The molecule has 1 aromatic carbocycles. The van der Waals surface area contributed by atoms with Crippen LogP contribution in [0.2, 0.25) is 5.02 Å². The predicted molar refractivity (Wildman–Crippen MR) is 90.1 cm³/mol. The summed E-state index contributed by atoms with van der Waals surface area (Å²) in [6, 6.07) is 5.02. The standard InChI is InChI=1S/C14H17ClN4OS/c1-2-3-6-17-14(16)21-8-12-18-11-7-9(15)4-5-10(11)13(20)19-12/h4-5,7H,2-3,6,8H2,1H3,(H2,16,17)(H,18,19,20). The van der Waals surface area contributed by atoms with Gasteiger partial charge < -0.3 is 10.7 Å². The predicted octanol–water partition coefficient (Wildman–Crippen LogP) is 2.92. The smallest absolute Gasteiger partial charge is 0.258 e. The second-order valence-corrected chi connectivity index (χ2v) is 5.97. The van der Waals surface area contributed by atoms with Gasteiger partial charge in [-0.3, -0.25) is 9.79 Å². The number of hydrogen-bond donors (Lipinski definition) is 2. The van der Waals surface area contributed by atoms with Crippen LogP contribution in [-0.4, -0.2) is 21.7 Å². The Kier molecular flexibility index (Phi) is 5.64. The van der Waals surface area contributed by atoms with Gasteiger partial charge in [0.25, 0.3) is 5.56 Å². The molecule has 1 aromatic heterocycles. The molecule has 0 aliphatic carbocycles. The van der Waals surface area contributed by atoms with Crippen LogP contribution in [0.5, 0.6) is 0 Å². The van der Waals surface area contributed by atoms with E-state index in [1.165, 1.54) is 11.8 Å². The number of H-pyrrole nitrogens is 1. The van der Waals surface area contributed by atoms with Crippen molar-refractivity contribution in [1.82, 2.24) is 9.97 Å². The number of halogens is 1. The molecule has 1 heterocycles. The fraction of sp³-hybridized carbons (Fsp3) is 0.357. The van der Waals surface area contributed by atoms with Crippen LogP contribution in [0.1, 0.15) is 25.6 Å². The van der Waals surface area contributed by atoms with E-state index < -0.39 is 0 Å². The Morgan fingerprint density at radius 2 is 2.33 bits per heavy atom. The molecule has 7 heteroatoms. The topological polar surface area (TPSA) is 84.1 Å². The summed E-state index contributed by atoms with van der Waals surface area (Å²) in [4.78, 5) is 23.3. The fourth-order valence-corrected chi connectivity index (χ4v) is 2.53. The highest BCUT2D eigenvalue weighted by atomic mass is 35.5. The van der Waals surface area contributed by atoms with Crippen LogP contribution < -0.4 is 11.3 Å². The van der Waals surface area contributed by atoms with Gasteiger partial charge in [-0.2, -0.15) is 0 Å². The number of nitrogens with one attached hydrogen (secondary N) is 1. The number of nitrogens with zero attached hydrogens (tertiary/aromatic N) is 2. The Labute approximate surface area is 132 Å². The van der Waals surface area contributed by atoms with Crippen LogP contribution in [0.3, 0.4) is 0 Å². The van der Waals surface area contributed by atoms with Crippen LogP contribution >= 0.6 is 23.4 Å². The lowest BCUT2D eigenvalue weighted by molar-refractivity contribution is 0.809. The first-order chi connectivity index (χ1) is 10.1. The third kappa shape index (κ3) is 4.47. The molecular formula is C14H17ClN4OS. The monoisotopic (exact) mass is 324 g/mol. The molecule has 0 atom stereocenters. The van der Waals surface area contributed by atoms with E-state index in [0.29, 0.717) is 32.7 Å². The largest absolute Gasteiger partial charge is 0.379 e. The summed E-state index contributed by atoms with van der Waals surface area (Å²) in [7, 11) is 0. The quantitative estimate of drug-likeness (QED) is 0.503. The lowest BCUT2D eigenvalue weighted by atomic mass is 10.2. The van der Waals surface area contributed by atoms with Gasteiger partial charge >= 0.3 is 0 Å². The molecule has 0 fully saturated rings. The van der Waals surface area contributed by atoms with Gasteiger partial charge in [0.1, 0.15) is 5.82 Å². The van der Waals surface area contributed by atoms with Gasteiger partial charge in [0, 0.05) is 11.6 Å². The van der Waals surface area contributed by atoms with E-state index in [2.05, 4.69) is 21.9 Å². The van der Waals surface area contributed by atoms with Crippen molar-refractivity contribution in [2.75, 3.05) is 6.54 Å². The van der Waals surface area contributed by atoms with Gasteiger partial charge in [0.2, 0.25) is 0 Å². The number of unbranched alkanes of at least 4 members (excludes halogenated alkanes) is 1. The van der Waals surface area contributed by atoms with Crippen molar-refractivity contribution in [3.8, 4) is 0 Å². The van der Waals surface area contributed by atoms with Gasteiger partial charge in [0.05, 0.1) is 16.7 Å². The zero-order chi connectivity index (χ0) is 15.2. The molecule has 0 bridgehead atoms. The normalized spacial score (nSPS) is 12.0. The molecule has 0 amide bonds. The summed E-state index contributed by atoms with van der Waals surface area (Å²) in [6.45, 7) is 2.83. The summed E-state index contributed by atoms with van der Waals surface area (Å²) < 4.78 is 0. The molecule has 0 saturated carbocycles. The number of fused-ring (bicyclic) bond motifs is 1. The van der Waals surface area contributed by atoms with Crippen LogP contribution in [0.4, 0.5) is 0 Å². The number of aromatic amines is 1. The highest BCUT2D eigenvalue weighted by Crippen LogP contribution is 2.16. The maximum absolute atomic E-state index is 12.0. The minimum Gasteiger partial charge on any atom is -0.379 e. The highest BCUT2D eigenvalue weighted by molar-refractivity contribution is 8.13. The molecule has 0 saturated heterocycles.